The molecule has 3 rings (SSSR count). The van der Waals surface area contributed by atoms with E-state index in [1.165, 1.54) is 0 Å². The Kier molecular flexibility index (Phi) is 8.30. The minimum absolute atomic E-state index is 0.0753. The maximum Gasteiger partial charge on any atom is 0.230 e. The molecule has 154 valence electrons. The van der Waals surface area contributed by atoms with Gasteiger partial charge in [0.15, 0.2) is 0 Å². The van der Waals surface area contributed by atoms with Gasteiger partial charge >= 0.3 is 0 Å². The molecule has 30 heavy (non-hydrogen) atoms. The number of hydrogen-bond donors (Lipinski definition) is 1. The van der Waals surface area contributed by atoms with Crippen molar-refractivity contribution in [3.63, 3.8) is 0 Å². The molecule has 0 aliphatic carbocycles. The second kappa shape index (κ2) is 11.4. The van der Waals surface area contributed by atoms with Gasteiger partial charge in [-0.3, -0.25) is 4.79 Å². The number of thioether (sulfide) groups is 1. The third-order valence-corrected chi connectivity index (χ3v) is 5.66. The molecule has 3 nitrogen and oxygen atoms in total. The van der Waals surface area contributed by atoms with Gasteiger partial charge in [0, 0.05) is 11.4 Å². The molecule has 0 spiro atoms. The third kappa shape index (κ3) is 6.09. The highest BCUT2D eigenvalue weighted by Crippen LogP contribution is 2.27. The van der Waals surface area contributed by atoms with E-state index in [9.17, 15) is 4.79 Å². The van der Waals surface area contributed by atoms with Crippen LogP contribution in [-0.2, 0) is 22.7 Å². The fraction of sp³-hybridized carbons (Fsp3) is 0.192. The van der Waals surface area contributed by atoms with Crippen LogP contribution in [0, 0.1) is 0 Å². The highest BCUT2D eigenvalue weighted by molar-refractivity contribution is 7.98. The van der Waals surface area contributed by atoms with Crippen LogP contribution in [0.15, 0.2) is 102 Å². The fourth-order valence-electron chi connectivity index (χ4n) is 3.26. The van der Waals surface area contributed by atoms with E-state index in [4.69, 9.17) is 4.74 Å². The first kappa shape index (κ1) is 21.9. The zero-order chi connectivity index (χ0) is 21.2. The molecule has 1 amide bonds. The Hall–Kier alpha value is -2.82. The number of nitrogens with one attached hydrogen (secondary N) is 1. The Morgan fingerprint density at radius 2 is 1.57 bits per heavy atom. The molecule has 3 aromatic carbocycles. The van der Waals surface area contributed by atoms with Crippen LogP contribution in [0.1, 0.15) is 22.6 Å². The molecule has 0 saturated heterocycles. The fourth-order valence-corrected chi connectivity index (χ4v) is 3.67. The van der Waals surface area contributed by atoms with E-state index in [0.717, 1.165) is 21.6 Å². The maximum atomic E-state index is 13.2. The smallest absolute Gasteiger partial charge is 0.230 e. The predicted molar refractivity (Wildman–Crippen MR) is 124 cm³/mol. The van der Waals surface area contributed by atoms with Gasteiger partial charge < -0.3 is 10.1 Å². The molecule has 0 bridgehead atoms. The van der Waals surface area contributed by atoms with Gasteiger partial charge in [0.05, 0.1) is 18.6 Å². The Morgan fingerprint density at radius 3 is 2.13 bits per heavy atom. The van der Waals surface area contributed by atoms with Gasteiger partial charge in [0.2, 0.25) is 5.91 Å². The van der Waals surface area contributed by atoms with Crippen LogP contribution in [0.5, 0.6) is 0 Å². The SMILES string of the molecule is C=C[C@H](OCc1ccccc1)[C@H](C(=O)NCc1ccccc1)c1ccc(SC)cc1. The summed E-state index contributed by atoms with van der Waals surface area (Å²) in [6, 6.07) is 27.9. The average molecular weight is 418 g/mol. The second-order valence-electron chi connectivity index (χ2n) is 6.95. The number of hydrogen-bond acceptors (Lipinski definition) is 3. The van der Waals surface area contributed by atoms with Gasteiger partial charge in [-0.2, -0.15) is 0 Å². The topological polar surface area (TPSA) is 38.3 Å². The molecule has 0 aliphatic rings. The van der Waals surface area contributed by atoms with Crippen molar-refractivity contribution in [1.29, 1.82) is 0 Å². The largest absolute Gasteiger partial charge is 0.368 e. The van der Waals surface area contributed by atoms with Crippen LogP contribution in [-0.4, -0.2) is 18.3 Å². The standard InChI is InChI=1S/C26H27NO2S/c1-3-24(29-19-21-12-8-5-9-13-21)25(22-14-16-23(30-2)17-15-22)26(28)27-18-20-10-6-4-7-11-20/h3-17,24-25H,1,18-19H2,2H3,(H,27,28)/t24-,25+/m0/s1. The van der Waals surface area contributed by atoms with E-state index >= 15 is 0 Å². The van der Waals surface area contributed by atoms with E-state index in [-0.39, 0.29) is 5.91 Å². The lowest BCUT2D eigenvalue weighted by atomic mass is 9.92. The summed E-state index contributed by atoms with van der Waals surface area (Å²) in [4.78, 5) is 14.4. The van der Waals surface area contributed by atoms with Crippen molar-refractivity contribution in [2.75, 3.05) is 6.26 Å². The molecule has 0 unspecified atom stereocenters. The van der Waals surface area contributed by atoms with Crippen LogP contribution in [0.25, 0.3) is 0 Å². The van der Waals surface area contributed by atoms with Crippen molar-refractivity contribution in [2.24, 2.45) is 0 Å². The van der Waals surface area contributed by atoms with Crippen molar-refractivity contribution in [3.05, 3.63) is 114 Å². The Balaban J connectivity index is 1.79. The minimum Gasteiger partial charge on any atom is -0.368 e. The Labute approximate surface area is 183 Å². The van der Waals surface area contributed by atoms with E-state index in [1.807, 2.05) is 91.2 Å². The molecular formula is C26H27NO2S. The van der Waals surface area contributed by atoms with Crippen molar-refractivity contribution in [2.45, 2.75) is 30.1 Å². The summed E-state index contributed by atoms with van der Waals surface area (Å²) in [5.41, 5.74) is 3.03. The van der Waals surface area contributed by atoms with E-state index < -0.39 is 12.0 Å². The maximum absolute atomic E-state index is 13.2. The summed E-state index contributed by atoms with van der Waals surface area (Å²) in [6.45, 7) is 4.84. The van der Waals surface area contributed by atoms with Crippen LogP contribution in [0.3, 0.4) is 0 Å². The van der Waals surface area contributed by atoms with Crippen LogP contribution >= 0.6 is 11.8 Å². The lowest BCUT2D eigenvalue weighted by Gasteiger charge is -2.25. The highest BCUT2D eigenvalue weighted by Gasteiger charge is 2.29. The first-order valence-electron chi connectivity index (χ1n) is 9.95. The molecule has 0 aliphatic heterocycles. The highest BCUT2D eigenvalue weighted by atomic mass is 32.2. The Morgan fingerprint density at radius 1 is 0.967 bits per heavy atom. The number of ether oxygens (including phenoxy) is 1. The van der Waals surface area contributed by atoms with Gasteiger partial charge in [0.1, 0.15) is 0 Å². The van der Waals surface area contributed by atoms with E-state index in [1.54, 1.807) is 17.8 Å². The molecular weight excluding hydrogens is 390 g/mol. The second-order valence-corrected chi connectivity index (χ2v) is 7.83. The van der Waals surface area contributed by atoms with Crippen molar-refractivity contribution in [3.8, 4) is 0 Å². The van der Waals surface area contributed by atoms with Gasteiger partial charge in [-0.25, -0.2) is 0 Å². The lowest BCUT2D eigenvalue weighted by Crippen LogP contribution is -2.36. The molecule has 0 aromatic heterocycles. The van der Waals surface area contributed by atoms with Gasteiger partial charge in [-0.05, 0) is 35.1 Å². The summed E-state index contributed by atoms with van der Waals surface area (Å²) in [5.74, 6) is -0.556. The van der Waals surface area contributed by atoms with Crippen molar-refractivity contribution in [1.82, 2.24) is 5.32 Å². The monoisotopic (exact) mass is 417 g/mol. The molecule has 4 heteroatoms. The van der Waals surface area contributed by atoms with Crippen molar-refractivity contribution < 1.29 is 9.53 Å². The predicted octanol–water partition coefficient (Wildman–Crippen LogP) is 5.58. The van der Waals surface area contributed by atoms with E-state index in [0.29, 0.717) is 13.2 Å². The number of carbonyl (C=O) groups is 1. The number of carbonyl (C=O) groups excluding carboxylic acids is 1. The quantitative estimate of drug-likeness (QED) is 0.346. The minimum atomic E-state index is -0.481. The Bertz CT molecular complexity index is 926. The summed E-state index contributed by atoms with van der Waals surface area (Å²) in [5, 5.41) is 3.07. The molecule has 0 radical (unpaired) electrons. The molecule has 0 fully saturated rings. The summed E-state index contributed by atoms with van der Waals surface area (Å²) in [7, 11) is 0. The van der Waals surface area contributed by atoms with Crippen LogP contribution in [0.4, 0.5) is 0 Å². The lowest BCUT2D eigenvalue weighted by molar-refractivity contribution is -0.125. The first-order valence-corrected chi connectivity index (χ1v) is 11.2. The summed E-state index contributed by atoms with van der Waals surface area (Å²) < 4.78 is 6.14. The molecule has 2 atom stereocenters. The molecule has 3 aromatic rings. The zero-order valence-corrected chi connectivity index (χ0v) is 18.0. The van der Waals surface area contributed by atoms with Crippen LogP contribution in [0.2, 0.25) is 0 Å². The number of rotatable bonds is 10. The third-order valence-electron chi connectivity index (χ3n) is 4.91. The first-order chi connectivity index (χ1) is 14.7. The van der Waals surface area contributed by atoms with Gasteiger partial charge in [-0.15, -0.1) is 18.3 Å². The molecule has 0 heterocycles. The molecule has 0 saturated carbocycles. The average Bonchev–Trinajstić information content (AvgIpc) is 2.81. The van der Waals surface area contributed by atoms with Gasteiger partial charge in [0.25, 0.3) is 0 Å². The van der Waals surface area contributed by atoms with Crippen molar-refractivity contribution >= 4 is 17.7 Å². The normalized spacial score (nSPS) is 12.7. The summed E-state index contributed by atoms with van der Waals surface area (Å²) in [6.07, 6.45) is 3.31. The summed E-state index contributed by atoms with van der Waals surface area (Å²) >= 11 is 1.67. The molecule has 1 N–H and O–H groups in total. The van der Waals surface area contributed by atoms with E-state index in [2.05, 4.69) is 11.9 Å². The zero-order valence-electron chi connectivity index (χ0n) is 17.2. The number of amides is 1. The van der Waals surface area contributed by atoms with Crippen LogP contribution < -0.4 is 5.32 Å². The number of benzene rings is 3. The van der Waals surface area contributed by atoms with Gasteiger partial charge in [-0.1, -0.05) is 78.9 Å².